The van der Waals surface area contributed by atoms with E-state index >= 15 is 0 Å². The van der Waals surface area contributed by atoms with Crippen LogP contribution in [0.15, 0.2) is 78.9 Å². The summed E-state index contributed by atoms with van der Waals surface area (Å²) in [6, 6.07) is 21.9. The predicted molar refractivity (Wildman–Crippen MR) is 120 cm³/mol. The maximum Gasteiger partial charge on any atom is 0.265 e. The second kappa shape index (κ2) is 9.64. The molecule has 3 aromatic carbocycles. The van der Waals surface area contributed by atoms with Crippen LogP contribution in [0.1, 0.15) is 22.3 Å². The molecule has 2 N–H and O–H groups in total. The van der Waals surface area contributed by atoms with Crippen molar-refractivity contribution in [1.29, 1.82) is 0 Å². The van der Waals surface area contributed by atoms with Gasteiger partial charge in [-0.15, -0.1) is 0 Å². The van der Waals surface area contributed by atoms with Gasteiger partial charge in [0.25, 0.3) is 11.8 Å². The van der Waals surface area contributed by atoms with Crippen LogP contribution in [0.5, 0.6) is 5.75 Å². The zero-order valence-corrected chi connectivity index (χ0v) is 17.7. The number of halogens is 1. The fraction of sp³-hybridized carbons (Fsp3) is 0.125. The first-order valence-corrected chi connectivity index (χ1v) is 10.3. The number of nitrogens with one attached hydrogen (secondary N) is 2. The third-order valence-corrected chi connectivity index (χ3v) is 5.25. The monoisotopic (exact) mass is 449 g/mol. The molecule has 1 heterocycles. The van der Waals surface area contributed by atoms with Gasteiger partial charge in [-0.2, -0.15) is 0 Å². The van der Waals surface area contributed by atoms with Crippen molar-refractivity contribution in [3.63, 3.8) is 0 Å². The summed E-state index contributed by atoms with van der Waals surface area (Å²) in [6.07, 6.45) is -0.0419. The van der Waals surface area contributed by atoms with Gasteiger partial charge in [0.2, 0.25) is 5.91 Å². The number of carbonyl (C=O) groups excluding carboxylic acids is 3. The maximum atomic E-state index is 12.6. The van der Waals surface area contributed by atoms with Gasteiger partial charge >= 0.3 is 0 Å². The Bertz CT molecular complexity index is 1150. The molecular weight excluding hydrogens is 430 g/mol. The molecule has 0 spiro atoms. The molecule has 0 radical (unpaired) electrons. The first-order chi connectivity index (χ1) is 15.5. The van der Waals surface area contributed by atoms with Gasteiger partial charge in [0.15, 0.2) is 0 Å². The Morgan fingerprint density at radius 2 is 1.75 bits per heavy atom. The molecular formula is C24H20ClN3O4. The highest BCUT2D eigenvalue weighted by molar-refractivity contribution is 6.32. The van der Waals surface area contributed by atoms with Crippen LogP contribution >= 0.6 is 11.6 Å². The van der Waals surface area contributed by atoms with Gasteiger partial charge in [0.05, 0.1) is 17.1 Å². The molecule has 4 rings (SSSR count). The van der Waals surface area contributed by atoms with Crippen LogP contribution in [-0.4, -0.2) is 23.8 Å². The number of ether oxygens (including phenoxy) is 1. The highest BCUT2D eigenvalue weighted by Gasteiger charge is 2.39. The van der Waals surface area contributed by atoms with Crippen LogP contribution < -0.4 is 20.5 Å². The van der Waals surface area contributed by atoms with Crippen LogP contribution in [0.4, 0.5) is 5.69 Å². The topological polar surface area (TPSA) is 87.7 Å². The van der Waals surface area contributed by atoms with Crippen LogP contribution in [0.25, 0.3) is 0 Å². The van der Waals surface area contributed by atoms with Crippen molar-refractivity contribution in [3.05, 3.63) is 95.0 Å². The Morgan fingerprint density at radius 1 is 1.00 bits per heavy atom. The van der Waals surface area contributed by atoms with E-state index < -0.39 is 17.9 Å². The van der Waals surface area contributed by atoms with Gasteiger partial charge in [0, 0.05) is 5.56 Å². The summed E-state index contributed by atoms with van der Waals surface area (Å²) in [5.41, 5.74) is 6.87. The minimum absolute atomic E-state index is 0.0419. The number of nitrogens with zero attached hydrogens (tertiary/aromatic N) is 1. The second-order valence-corrected chi connectivity index (χ2v) is 7.58. The van der Waals surface area contributed by atoms with E-state index in [1.807, 2.05) is 18.2 Å². The molecule has 1 fully saturated rings. The molecule has 0 aromatic heterocycles. The number of hydrogen-bond donors (Lipinski definition) is 2. The molecule has 1 aliphatic heterocycles. The lowest BCUT2D eigenvalue weighted by molar-refractivity contribution is -0.121. The summed E-state index contributed by atoms with van der Waals surface area (Å²) in [5.74, 6) is -0.615. The number of amides is 3. The van der Waals surface area contributed by atoms with Crippen LogP contribution in [-0.2, 0) is 16.2 Å². The fourth-order valence-electron chi connectivity index (χ4n) is 3.34. The van der Waals surface area contributed by atoms with Crippen molar-refractivity contribution in [2.75, 3.05) is 4.90 Å². The SMILES string of the molecule is O=C(NN[C@@H]1CC(=O)N(c2ccccc2)C1=O)c1cccc(COc2ccccc2Cl)c1. The zero-order chi connectivity index (χ0) is 22.5. The molecule has 3 aromatic rings. The van der Waals surface area contributed by atoms with E-state index in [1.165, 1.54) is 0 Å². The van der Waals surface area contributed by atoms with E-state index in [0.29, 0.717) is 22.0 Å². The minimum Gasteiger partial charge on any atom is -0.487 e. The Hall–Kier alpha value is -3.68. The highest BCUT2D eigenvalue weighted by atomic mass is 35.5. The van der Waals surface area contributed by atoms with Gasteiger partial charge in [-0.1, -0.05) is 54.1 Å². The smallest absolute Gasteiger partial charge is 0.265 e. The Kier molecular flexibility index (Phi) is 6.49. The normalized spacial score (nSPS) is 15.7. The molecule has 162 valence electrons. The summed E-state index contributed by atoms with van der Waals surface area (Å²) in [6.45, 7) is 0.236. The van der Waals surface area contributed by atoms with Crippen molar-refractivity contribution >= 4 is 35.0 Å². The molecule has 32 heavy (non-hydrogen) atoms. The van der Waals surface area contributed by atoms with E-state index in [9.17, 15) is 14.4 Å². The quantitative estimate of drug-likeness (QED) is 0.426. The first kappa shape index (κ1) is 21.5. The minimum atomic E-state index is -0.835. The number of anilines is 1. The fourth-order valence-corrected chi connectivity index (χ4v) is 3.53. The van der Waals surface area contributed by atoms with Crippen molar-refractivity contribution < 1.29 is 19.1 Å². The van der Waals surface area contributed by atoms with Gasteiger partial charge in [-0.3, -0.25) is 19.8 Å². The molecule has 1 saturated heterocycles. The standard InChI is InChI=1S/C24H20ClN3O4/c25-19-11-4-5-12-21(19)32-15-16-7-6-8-17(13-16)23(30)27-26-20-14-22(29)28(24(20)31)18-9-2-1-3-10-18/h1-13,20,26H,14-15H2,(H,27,30)/t20-/m1/s1. The largest absolute Gasteiger partial charge is 0.487 e. The number of para-hydroxylation sites is 2. The van der Waals surface area contributed by atoms with Crippen LogP contribution in [0, 0.1) is 0 Å². The molecule has 7 nitrogen and oxygen atoms in total. The third kappa shape index (κ3) is 4.80. The molecule has 3 amide bonds. The van der Waals surface area contributed by atoms with E-state index in [-0.39, 0.29) is 18.9 Å². The second-order valence-electron chi connectivity index (χ2n) is 7.18. The van der Waals surface area contributed by atoms with Crippen molar-refractivity contribution in [1.82, 2.24) is 10.9 Å². The van der Waals surface area contributed by atoms with Gasteiger partial charge in [-0.25, -0.2) is 10.3 Å². The third-order valence-electron chi connectivity index (χ3n) is 4.94. The Balaban J connectivity index is 1.35. The average molecular weight is 450 g/mol. The molecule has 1 aliphatic rings. The highest BCUT2D eigenvalue weighted by Crippen LogP contribution is 2.24. The van der Waals surface area contributed by atoms with Crippen molar-refractivity contribution in [3.8, 4) is 5.75 Å². The lowest BCUT2D eigenvalue weighted by Crippen LogP contribution is -2.48. The molecule has 0 saturated carbocycles. The van der Waals surface area contributed by atoms with E-state index in [2.05, 4.69) is 10.9 Å². The van der Waals surface area contributed by atoms with Gasteiger partial charge in [0.1, 0.15) is 18.4 Å². The van der Waals surface area contributed by atoms with Gasteiger partial charge < -0.3 is 4.74 Å². The number of hydrazine groups is 1. The Labute approximate surface area is 189 Å². The molecule has 8 heteroatoms. The molecule has 0 bridgehead atoms. The number of imide groups is 1. The van der Waals surface area contributed by atoms with Crippen molar-refractivity contribution in [2.45, 2.75) is 19.1 Å². The van der Waals surface area contributed by atoms with Crippen molar-refractivity contribution in [2.24, 2.45) is 0 Å². The molecule has 1 atom stereocenters. The summed E-state index contributed by atoms with van der Waals surface area (Å²) >= 11 is 6.09. The zero-order valence-electron chi connectivity index (χ0n) is 17.0. The summed E-state index contributed by atoms with van der Waals surface area (Å²) < 4.78 is 5.71. The lowest BCUT2D eigenvalue weighted by atomic mass is 10.1. The molecule has 0 unspecified atom stereocenters. The van der Waals surface area contributed by atoms with E-state index in [1.54, 1.807) is 60.7 Å². The summed E-state index contributed by atoms with van der Waals surface area (Å²) in [7, 11) is 0. The number of rotatable bonds is 7. The molecule has 0 aliphatic carbocycles. The van der Waals surface area contributed by atoms with E-state index in [4.69, 9.17) is 16.3 Å². The lowest BCUT2D eigenvalue weighted by Gasteiger charge is -2.16. The average Bonchev–Trinajstić information content (AvgIpc) is 3.10. The number of hydrogen-bond acceptors (Lipinski definition) is 5. The number of benzene rings is 3. The Morgan fingerprint density at radius 3 is 2.53 bits per heavy atom. The number of carbonyl (C=O) groups is 3. The summed E-state index contributed by atoms with van der Waals surface area (Å²) in [4.78, 5) is 38.6. The summed E-state index contributed by atoms with van der Waals surface area (Å²) in [5, 5.41) is 0.505. The van der Waals surface area contributed by atoms with Gasteiger partial charge in [-0.05, 0) is 42.0 Å². The van der Waals surface area contributed by atoms with Crippen LogP contribution in [0.3, 0.4) is 0 Å². The van der Waals surface area contributed by atoms with Crippen LogP contribution in [0.2, 0.25) is 5.02 Å². The maximum absolute atomic E-state index is 12.6. The first-order valence-electron chi connectivity index (χ1n) is 9.97. The predicted octanol–water partition coefficient (Wildman–Crippen LogP) is 3.49. The van der Waals surface area contributed by atoms with E-state index in [0.717, 1.165) is 10.5 Å².